The van der Waals surface area contributed by atoms with E-state index >= 15 is 0 Å². The van der Waals surface area contributed by atoms with Gasteiger partial charge in [-0.25, -0.2) is 4.79 Å². The van der Waals surface area contributed by atoms with Crippen molar-refractivity contribution in [3.05, 3.63) is 0 Å². The van der Waals surface area contributed by atoms with Crippen LogP contribution >= 0.6 is 0 Å². The van der Waals surface area contributed by atoms with Crippen LogP contribution in [0.5, 0.6) is 0 Å². The van der Waals surface area contributed by atoms with Gasteiger partial charge >= 0.3 is 6.03 Å². The first-order valence-corrected chi connectivity index (χ1v) is 5.93. The lowest BCUT2D eigenvalue weighted by atomic mass is 10.1. The van der Waals surface area contributed by atoms with Crippen molar-refractivity contribution in [1.82, 2.24) is 20.9 Å². The Bertz CT molecular complexity index is 280. The van der Waals surface area contributed by atoms with E-state index in [1.807, 2.05) is 20.8 Å². The van der Waals surface area contributed by atoms with Crippen LogP contribution in [0, 0.1) is 0 Å². The van der Waals surface area contributed by atoms with Gasteiger partial charge in [0, 0.05) is 31.7 Å². The molecule has 6 heteroatoms. The molecule has 0 saturated carbocycles. The molecular formula is C11H22N4O2. The van der Waals surface area contributed by atoms with Crippen LogP contribution in [0.25, 0.3) is 0 Å². The maximum absolute atomic E-state index is 11.7. The van der Waals surface area contributed by atoms with Crippen molar-refractivity contribution in [2.45, 2.75) is 26.3 Å². The quantitative estimate of drug-likeness (QED) is 0.612. The molecule has 0 aromatic rings. The number of rotatable bonds is 2. The third-order valence-electron chi connectivity index (χ3n) is 2.36. The lowest BCUT2D eigenvalue weighted by molar-refractivity contribution is -0.130. The molecule has 98 valence electrons. The fourth-order valence-corrected chi connectivity index (χ4v) is 1.57. The van der Waals surface area contributed by atoms with Crippen LogP contribution in [0.4, 0.5) is 4.79 Å². The van der Waals surface area contributed by atoms with E-state index in [1.165, 1.54) is 0 Å². The number of nitrogens with zero attached hydrogens (tertiary/aromatic N) is 1. The minimum Gasteiger partial charge on any atom is -0.339 e. The highest BCUT2D eigenvalue weighted by molar-refractivity contribution is 5.84. The molecule has 0 bridgehead atoms. The highest BCUT2D eigenvalue weighted by Gasteiger charge is 2.18. The van der Waals surface area contributed by atoms with Crippen LogP contribution in [0.1, 0.15) is 20.8 Å². The topological polar surface area (TPSA) is 73.5 Å². The molecule has 0 unspecified atom stereocenters. The number of piperazine rings is 1. The lowest BCUT2D eigenvalue weighted by Crippen LogP contribution is -2.52. The fraction of sp³-hybridized carbons (Fsp3) is 0.818. The summed E-state index contributed by atoms with van der Waals surface area (Å²) < 4.78 is 0. The van der Waals surface area contributed by atoms with Gasteiger partial charge in [-0.2, -0.15) is 0 Å². The minimum absolute atomic E-state index is 0.0319. The largest absolute Gasteiger partial charge is 0.339 e. The Kier molecular flexibility index (Phi) is 4.74. The van der Waals surface area contributed by atoms with E-state index in [0.29, 0.717) is 13.1 Å². The zero-order valence-corrected chi connectivity index (χ0v) is 10.8. The highest BCUT2D eigenvalue weighted by atomic mass is 16.2. The summed E-state index contributed by atoms with van der Waals surface area (Å²) >= 11 is 0. The average molecular weight is 242 g/mol. The number of hydrogen-bond donors (Lipinski definition) is 3. The Labute approximate surface area is 102 Å². The Balaban J connectivity index is 2.25. The Morgan fingerprint density at radius 1 is 1.24 bits per heavy atom. The van der Waals surface area contributed by atoms with Gasteiger partial charge in [-0.05, 0) is 20.8 Å². The predicted molar refractivity (Wildman–Crippen MR) is 65.7 cm³/mol. The summed E-state index contributed by atoms with van der Waals surface area (Å²) in [6.07, 6.45) is 0. The van der Waals surface area contributed by atoms with Crippen molar-refractivity contribution in [1.29, 1.82) is 0 Å². The van der Waals surface area contributed by atoms with Gasteiger partial charge < -0.3 is 20.9 Å². The summed E-state index contributed by atoms with van der Waals surface area (Å²) in [5.74, 6) is -0.0319. The molecule has 3 amide bonds. The summed E-state index contributed by atoms with van der Waals surface area (Å²) in [5.41, 5.74) is -0.290. The molecule has 3 N–H and O–H groups in total. The Hall–Kier alpha value is -1.30. The average Bonchev–Trinajstić information content (AvgIpc) is 2.25. The van der Waals surface area contributed by atoms with Gasteiger partial charge in [0.2, 0.25) is 5.91 Å². The molecule has 1 heterocycles. The maximum Gasteiger partial charge on any atom is 0.315 e. The Morgan fingerprint density at radius 2 is 1.82 bits per heavy atom. The van der Waals surface area contributed by atoms with Gasteiger partial charge in [-0.1, -0.05) is 0 Å². The second kappa shape index (κ2) is 5.86. The number of urea groups is 1. The SMILES string of the molecule is CC(C)(C)NC(=O)NCC(=O)N1CCNCC1. The number of amides is 3. The molecule has 0 aromatic heterocycles. The second-order valence-corrected chi connectivity index (χ2v) is 5.19. The molecular weight excluding hydrogens is 220 g/mol. The van der Waals surface area contributed by atoms with Crippen molar-refractivity contribution in [2.24, 2.45) is 0 Å². The van der Waals surface area contributed by atoms with E-state index in [4.69, 9.17) is 0 Å². The molecule has 1 aliphatic rings. The molecule has 1 fully saturated rings. The smallest absolute Gasteiger partial charge is 0.315 e. The zero-order valence-electron chi connectivity index (χ0n) is 10.8. The molecule has 1 aliphatic heterocycles. The first-order chi connectivity index (χ1) is 7.88. The van der Waals surface area contributed by atoms with Crippen molar-refractivity contribution < 1.29 is 9.59 Å². The number of carbonyl (C=O) groups is 2. The van der Waals surface area contributed by atoms with Crippen LogP contribution in [-0.2, 0) is 4.79 Å². The van der Waals surface area contributed by atoms with Crippen LogP contribution in [0.15, 0.2) is 0 Å². The maximum atomic E-state index is 11.7. The van der Waals surface area contributed by atoms with E-state index in [1.54, 1.807) is 4.90 Å². The molecule has 1 rings (SSSR count). The first-order valence-electron chi connectivity index (χ1n) is 5.93. The van der Waals surface area contributed by atoms with Gasteiger partial charge in [-0.3, -0.25) is 4.79 Å². The molecule has 17 heavy (non-hydrogen) atoms. The predicted octanol–water partition coefficient (Wildman–Crippen LogP) is -0.484. The number of carbonyl (C=O) groups excluding carboxylic acids is 2. The summed E-state index contributed by atoms with van der Waals surface area (Å²) in [7, 11) is 0. The molecule has 0 aliphatic carbocycles. The van der Waals surface area contributed by atoms with Crippen LogP contribution < -0.4 is 16.0 Å². The zero-order chi connectivity index (χ0) is 12.9. The van der Waals surface area contributed by atoms with E-state index in [2.05, 4.69) is 16.0 Å². The molecule has 1 saturated heterocycles. The summed E-state index contributed by atoms with van der Waals surface area (Å²) in [4.78, 5) is 24.9. The van der Waals surface area contributed by atoms with Gasteiger partial charge in [0.05, 0.1) is 6.54 Å². The van der Waals surface area contributed by atoms with Crippen molar-refractivity contribution in [2.75, 3.05) is 32.7 Å². The lowest BCUT2D eigenvalue weighted by Gasteiger charge is -2.28. The summed E-state index contributed by atoms with van der Waals surface area (Å²) in [5, 5.41) is 8.49. The second-order valence-electron chi connectivity index (χ2n) is 5.19. The van der Waals surface area contributed by atoms with Crippen LogP contribution in [-0.4, -0.2) is 55.1 Å². The van der Waals surface area contributed by atoms with Crippen LogP contribution in [0.2, 0.25) is 0 Å². The Morgan fingerprint density at radius 3 is 2.35 bits per heavy atom. The van der Waals surface area contributed by atoms with E-state index in [-0.39, 0.29) is 24.0 Å². The third-order valence-corrected chi connectivity index (χ3v) is 2.36. The van der Waals surface area contributed by atoms with Gasteiger partial charge in [-0.15, -0.1) is 0 Å². The van der Waals surface area contributed by atoms with Gasteiger partial charge in [0.25, 0.3) is 0 Å². The highest BCUT2D eigenvalue weighted by Crippen LogP contribution is 1.97. The molecule has 6 nitrogen and oxygen atoms in total. The van der Waals surface area contributed by atoms with Gasteiger partial charge in [0.1, 0.15) is 0 Å². The van der Waals surface area contributed by atoms with E-state index < -0.39 is 0 Å². The molecule has 0 aromatic carbocycles. The normalized spacial score (nSPS) is 16.5. The number of hydrogen-bond acceptors (Lipinski definition) is 3. The standard InChI is InChI=1S/C11H22N4O2/c1-11(2,3)14-10(17)13-8-9(16)15-6-4-12-5-7-15/h12H,4-8H2,1-3H3,(H2,13,14,17). The van der Waals surface area contributed by atoms with Crippen molar-refractivity contribution >= 4 is 11.9 Å². The minimum atomic E-state index is -0.305. The third kappa shape index (κ3) is 5.53. The summed E-state index contributed by atoms with van der Waals surface area (Å²) in [6.45, 7) is 8.80. The molecule has 0 spiro atoms. The van der Waals surface area contributed by atoms with Crippen LogP contribution in [0.3, 0.4) is 0 Å². The van der Waals surface area contributed by atoms with E-state index in [9.17, 15) is 9.59 Å². The number of nitrogens with one attached hydrogen (secondary N) is 3. The first kappa shape index (κ1) is 13.8. The monoisotopic (exact) mass is 242 g/mol. The fourth-order valence-electron chi connectivity index (χ4n) is 1.57. The van der Waals surface area contributed by atoms with Crippen molar-refractivity contribution in [3.63, 3.8) is 0 Å². The van der Waals surface area contributed by atoms with Gasteiger partial charge in [0.15, 0.2) is 0 Å². The van der Waals surface area contributed by atoms with Crippen molar-refractivity contribution in [3.8, 4) is 0 Å². The summed E-state index contributed by atoms with van der Waals surface area (Å²) in [6, 6.07) is -0.305. The van der Waals surface area contributed by atoms with E-state index in [0.717, 1.165) is 13.1 Å². The molecule has 0 atom stereocenters. The molecule has 0 radical (unpaired) electrons.